The van der Waals surface area contributed by atoms with Gasteiger partial charge >= 0.3 is 0 Å². The van der Waals surface area contributed by atoms with Crippen LogP contribution in [0.1, 0.15) is 25.3 Å². The summed E-state index contributed by atoms with van der Waals surface area (Å²) in [5.41, 5.74) is 1.07. The summed E-state index contributed by atoms with van der Waals surface area (Å²) in [6.07, 6.45) is 2.24. The van der Waals surface area contributed by atoms with Gasteiger partial charge in [-0.1, -0.05) is 35.0 Å². The molecule has 0 N–H and O–H groups in total. The van der Waals surface area contributed by atoms with Gasteiger partial charge in [-0.3, -0.25) is 4.90 Å². The average Bonchev–Trinajstić information content (AvgIpc) is 2.94. The summed E-state index contributed by atoms with van der Waals surface area (Å²) < 4.78 is 26.7. The van der Waals surface area contributed by atoms with Crippen LogP contribution in [0.3, 0.4) is 0 Å². The second-order valence-corrected chi connectivity index (χ2v) is 8.09. The van der Waals surface area contributed by atoms with Crippen LogP contribution in [-0.4, -0.2) is 50.3 Å². The molecule has 1 atom stereocenters. The van der Waals surface area contributed by atoms with Crippen molar-refractivity contribution in [2.24, 2.45) is 0 Å². The quantitative estimate of drug-likeness (QED) is 0.718. The summed E-state index contributed by atoms with van der Waals surface area (Å²) in [5, 5.41) is 0.733. The lowest BCUT2D eigenvalue weighted by Gasteiger charge is -2.27. The van der Waals surface area contributed by atoms with E-state index in [1.54, 1.807) is 19.2 Å². The molecule has 0 amide bonds. The molecule has 0 spiro atoms. The fourth-order valence-electron chi connectivity index (χ4n) is 2.84. The molecule has 118 valence electrons. The highest BCUT2D eigenvalue weighted by molar-refractivity contribution is 9.08. The summed E-state index contributed by atoms with van der Waals surface area (Å²) in [4.78, 5) is 2.73. The number of likely N-dealkylation sites (N-methyl/N-ethyl adjacent to an activating group) is 2. The number of nitrogens with zero attached hydrogens (tertiary/aromatic N) is 2. The van der Waals surface area contributed by atoms with Gasteiger partial charge in [-0.05, 0) is 43.6 Å². The number of benzene rings is 1. The Balaban J connectivity index is 2.10. The molecule has 1 unspecified atom stereocenters. The molecule has 0 bridgehead atoms. The summed E-state index contributed by atoms with van der Waals surface area (Å²) in [7, 11) is -1.71. The first-order chi connectivity index (χ1) is 9.98. The minimum absolute atomic E-state index is 0.344. The first-order valence-electron chi connectivity index (χ1n) is 7.34. The van der Waals surface area contributed by atoms with Gasteiger partial charge in [0.25, 0.3) is 0 Å². The second-order valence-electron chi connectivity index (χ2n) is 5.49. The maximum absolute atomic E-state index is 12.6. The second kappa shape index (κ2) is 7.22. The first-order valence-corrected chi connectivity index (χ1v) is 9.90. The summed E-state index contributed by atoms with van der Waals surface area (Å²) in [5.74, 6) is 0. The first kappa shape index (κ1) is 16.9. The van der Waals surface area contributed by atoms with Crippen LogP contribution in [-0.2, 0) is 15.4 Å². The highest BCUT2D eigenvalue weighted by Gasteiger charge is 2.29. The molecule has 1 aliphatic rings. The van der Waals surface area contributed by atoms with Crippen molar-refractivity contribution < 1.29 is 8.42 Å². The SMILES string of the molecule is CCN1CCCC1CN(C)S(=O)(=O)c1ccc(CBr)cc1. The summed E-state index contributed by atoms with van der Waals surface area (Å²) >= 11 is 3.37. The van der Waals surface area contributed by atoms with E-state index in [-0.39, 0.29) is 0 Å². The van der Waals surface area contributed by atoms with Crippen molar-refractivity contribution in [1.29, 1.82) is 0 Å². The van der Waals surface area contributed by atoms with Gasteiger partial charge in [0, 0.05) is 25.0 Å². The van der Waals surface area contributed by atoms with Gasteiger partial charge in [0.1, 0.15) is 0 Å². The molecule has 0 aromatic heterocycles. The Morgan fingerprint density at radius 2 is 2.00 bits per heavy atom. The zero-order chi connectivity index (χ0) is 15.5. The lowest BCUT2D eigenvalue weighted by molar-refractivity contribution is 0.237. The van der Waals surface area contributed by atoms with Crippen molar-refractivity contribution in [2.75, 3.05) is 26.7 Å². The van der Waals surface area contributed by atoms with E-state index in [9.17, 15) is 8.42 Å². The van der Waals surface area contributed by atoms with E-state index in [0.717, 1.165) is 36.8 Å². The number of rotatable bonds is 6. The van der Waals surface area contributed by atoms with Crippen LogP contribution in [0.2, 0.25) is 0 Å². The number of hydrogen-bond acceptors (Lipinski definition) is 3. The number of likely N-dealkylation sites (tertiary alicyclic amines) is 1. The largest absolute Gasteiger partial charge is 0.299 e. The molecule has 4 nitrogen and oxygen atoms in total. The third kappa shape index (κ3) is 3.86. The highest BCUT2D eigenvalue weighted by atomic mass is 79.9. The normalized spacial score (nSPS) is 20.3. The summed E-state index contributed by atoms with van der Waals surface area (Å²) in [6.45, 7) is 4.76. The Kier molecular flexibility index (Phi) is 5.82. The molecule has 1 fully saturated rings. The van der Waals surface area contributed by atoms with Gasteiger partial charge in [0.15, 0.2) is 0 Å². The Hall–Kier alpha value is -0.430. The number of sulfonamides is 1. The molecular weight excluding hydrogens is 352 g/mol. The number of halogens is 1. The van der Waals surface area contributed by atoms with Crippen LogP contribution in [0, 0.1) is 0 Å². The molecule has 1 saturated heterocycles. The van der Waals surface area contributed by atoms with E-state index < -0.39 is 10.0 Å². The van der Waals surface area contributed by atoms with Gasteiger partial charge in [-0.2, -0.15) is 4.31 Å². The van der Waals surface area contributed by atoms with Gasteiger partial charge < -0.3 is 0 Å². The molecule has 1 aromatic rings. The van der Waals surface area contributed by atoms with Crippen molar-refractivity contribution in [3.05, 3.63) is 29.8 Å². The van der Waals surface area contributed by atoms with E-state index in [4.69, 9.17) is 0 Å². The van der Waals surface area contributed by atoms with Gasteiger partial charge in [-0.15, -0.1) is 0 Å². The lowest BCUT2D eigenvalue weighted by Crippen LogP contribution is -2.41. The molecule has 21 heavy (non-hydrogen) atoms. The molecule has 1 aromatic carbocycles. The Morgan fingerprint density at radius 3 is 2.57 bits per heavy atom. The molecule has 0 saturated carbocycles. The fraction of sp³-hybridized carbons (Fsp3) is 0.600. The summed E-state index contributed by atoms with van der Waals surface area (Å²) in [6, 6.07) is 7.42. The predicted molar refractivity (Wildman–Crippen MR) is 89.2 cm³/mol. The molecule has 2 rings (SSSR count). The lowest BCUT2D eigenvalue weighted by atomic mass is 10.2. The zero-order valence-electron chi connectivity index (χ0n) is 12.6. The van der Waals surface area contributed by atoms with Crippen molar-refractivity contribution in [3.63, 3.8) is 0 Å². The minimum atomic E-state index is -3.39. The standard InChI is InChI=1S/C15H23BrN2O2S/c1-3-18-10-4-5-14(18)12-17(2)21(19,20)15-8-6-13(11-16)7-9-15/h6-9,14H,3-5,10-12H2,1-2H3. The van der Waals surface area contributed by atoms with Crippen molar-refractivity contribution in [3.8, 4) is 0 Å². The van der Waals surface area contributed by atoms with Crippen LogP contribution in [0.4, 0.5) is 0 Å². The molecule has 6 heteroatoms. The Bertz CT molecular complexity index is 560. The van der Waals surface area contributed by atoms with Crippen molar-refractivity contribution in [2.45, 2.75) is 36.0 Å². The zero-order valence-corrected chi connectivity index (χ0v) is 15.0. The monoisotopic (exact) mass is 374 g/mol. The van der Waals surface area contributed by atoms with Crippen LogP contribution in [0.25, 0.3) is 0 Å². The van der Waals surface area contributed by atoms with E-state index >= 15 is 0 Å². The molecule has 0 aliphatic carbocycles. The van der Waals surface area contributed by atoms with Crippen LogP contribution in [0.15, 0.2) is 29.2 Å². The predicted octanol–water partition coefficient (Wildman–Crippen LogP) is 2.69. The number of alkyl halides is 1. The van der Waals surface area contributed by atoms with E-state index in [0.29, 0.717) is 17.5 Å². The van der Waals surface area contributed by atoms with Crippen LogP contribution < -0.4 is 0 Å². The van der Waals surface area contributed by atoms with Gasteiger partial charge in [0.2, 0.25) is 10.0 Å². The van der Waals surface area contributed by atoms with Crippen LogP contribution >= 0.6 is 15.9 Å². The minimum Gasteiger partial charge on any atom is -0.299 e. The van der Waals surface area contributed by atoms with E-state index in [1.165, 1.54) is 4.31 Å². The molecule has 1 heterocycles. The van der Waals surface area contributed by atoms with Crippen molar-refractivity contribution >= 4 is 26.0 Å². The van der Waals surface area contributed by atoms with Gasteiger partial charge in [-0.25, -0.2) is 8.42 Å². The van der Waals surface area contributed by atoms with E-state index in [1.807, 2.05) is 12.1 Å². The maximum Gasteiger partial charge on any atom is 0.242 e. The van der Waals surface area contributed by atoms with Crippen LogP contribution in [0.5, 0.6) is 0 Å². The molecular formula is C15H23BrN2O2S. The number of hydrogen-bond donors (Lipinski definition) is 0. The van der Waals surface area contributed by atoms with Gasteiger partial charge in [0.05, 0.1) is 4.90 Å². The van der Waals surface area contributed by atoms with Crippen molar-refractivity contribution in [1.82, 2.24) is 9.21 Å². The smallest absolute Gasteiger partial charge is 0.242 e. The van der Waals surface area contributed by atoms with E-state index in [2.05, 4.69) is 27.8 Å². The highest BCUT2D eigenvalue weighted by Crippen LogP contribution is 2.21. The molecule has 0 radical (unpaired) electrons. The maximum atomic E-state index is 12.6. The third-order valence-corrected chi connectivity index (χ3v) is 6.64. The topological polar surface area (TPSA) is 40.6 Å². The average molecular weight is 375 g/mol. The Labute approximate surface area is 136 Å². The molecule has 1 aliphatic heterocycles. The fourth-order valence-corrected chi connectivity index (χ4v) is 4.43. The Morgan fingerprint density at radius 1 is 1.33 bits per heavy atom. The third-order valence-electron chi connectivity index (χ3n) is 4.16.